The number of aromatic nitrogens is 2. The van der Waals surface area contributed by atoms with Crippen molar-refractivity contribution >= 4 is 17.4 Å². The fraction of sp³-hybridized carbons (Fsp3) is 0.154. The predicted molar refractivity (Wildman–Crippen MR) is 73.8 cm³/mol. The van der Waals surface area contributed by atoms with E-state index in [1.54, 1.807) is 7.05 Å². The van der Waals surface area contributed by atoms with Crippen LogP contribution in [0.2, 0.25) is 0 Å². The number of hydrogen-bond donors (Lipinski definition) is 2. The van der Waals surface area contributed by atoms with Gasteiger partial charge >= 0.3 is 0 Å². The van der Waals surface area contributed by atoms with E-state index in [2.05, 4.69) is 15.4 Å². The molecule has 2 aromatic rings. The molecule has 98 valence electrons. The number of nitrogens with one attached hydrogen (secondary N) is 1. The lowest BCUT2D eigenvalue weighted by molar-refractivity contribution is 0.0988. The van der Waals surface area contributed by atoms with Gasteiger partial charge in [-0.05, 0) is 24.6 Å². The normalized spacial score (nSPS) is 10.1. The van der Waals surface area contributed by atoms with Crippen LogP contribution in [-0.2, 0) is 0 Å². The molecule has 0 spiro atoms. The molecule has 0 aliphatic rings. The number of nitrogens with two attached hydrogens (primary N) is 1. The van der Waals surface area contributed by atoms with Crippen LogP contribution in [0.4, 0.5) is 11.5 Å². The number of nitrogens with zero attached hydrogens (tertiary/aromatic N) is 3. The second-order valence-corrected chi connectivity index (χ2v) is 4.13. The Balaban J connectivity index is 2.23. The van der Waals surface area contributed by atoms with E-state index >= 15 is 0 Å². The smallest absolute Gasteiger partial charge is 0.278 e. The van der Waals surface area contributed by atoms with Crippen LogP contribution in [0, 0.1) is 6.92 Å². The number of carbonyl (C=O) groups excluding carboxylic acids is 1. The van der Waals surface area contributed by atoms with Gasteiger partial charge < -0.3 is 10.3 Å². The minimum Gasteiger partial charge on any atom is -0.310 e. The van der Waals surface area contributed by atoms with Crippen molar-refractivity contribution in [2.75, 3.05) is 17.4 Å². The number of rotatable bonds is 3. The minimum absolute atomic E-state index is 0.221. The standard InChI is InChI=1S/C13H15N5O/c1-9-4-3-5-10(6-9)18(2)13(19)11-7-16-12(17-14)8-15-11/h3-8H,14H2,1-2H3,(H,16,17). The largest absolute Gasteiger partial charge is 0.310 e. The van der Waals surface area contributed by atoms with Gasteiger partial charge in [-0.25, -0.2) is 15.8 Å². The van der Waals surface area contributed by atoms with Crippen molar-refractivity contribution in [3.8, 4) is 0 Å². The van der Waals surface area contributed by atoms with Gasteiger partial charge in [-0.3, -0.25) is 4.79 Å². The van der Waals surface area contributed by atoms with Gasteiger partial charge in [-0.15, -0.1) is 0 Å². The van der Waals surface area contributed by atoms with E-state index in [-0.39, 0.29) is 11.6 Å². The monoisotopic (exact) mass is 257 g/mol. The Labute approximate surface area is 111 Å². The first kappa shape index (κ1) is 13.0. The molecule has 1 aromatic heterocycles. The molecule has 0 aliphatic heterocycles. The van der Waals surface area contributed by atoms with Crippen LogP contribution in [0.15, 0.2) is 36.7 Å². The van der Waals surface area contributed by atoms with Crippen LogP contribution < -0.4 is 16.2 Å². The summed E-state index contributed by atoms with van der Waals surface area (Å²) in [4.78, 5) is 21.8. The number of hydrazine groups is 1. The van der Waals surface area contributed by atoms with Crippen molar-refractivity contribution in [2.24, 2.45) is 5.84 Å². The number of carbonyl (C=O) groups is 1. The third kappa shape index (κ3) is 2.86. The van der Waals surface area contributed by atoms with Gasteiger partial charge in [0.15, 0.2) is 5.82 Å². The van der Waals surface area contributed by atoms with Crippen molar-refractivity contribution in [3.05, 3.63) is 47.9 Å². The Hall–Kier alpha value is -2.47. The van der Waals surface area contributed by atoms with Crippen LogP contribution in [0.1, 0.15) is 16.1 Å². The van der Waals surface area contributed by atoms with Crippen molar-refractivity contribution in [1.29, 1.82) is 0 Å². The lowest BCUT2D eigenvalue weighted by Crippen LogP contribution is -2.27. The van der Waals surface area contributed by atoms with Crippen LogP contribution >= 0.6 is 0 Å². The second kappa shape index (κ2) is 5.45. The maximum Gasteiger partial charge on any atom is 0.278 e. The molecule has 0 saturated carbocycles. The number of aryl methyl sites for hydroxylation is 1. The van der Waals surface area contributed by atoms with E-state index < -0.39 is 0 Å². The summed E-state index contributed by atoms with van der Waals surface area (Å²) in [5.41, 5.74) is 4.53. The molecule has 1 aromatic carbocycles. The number of nitrogen functional groups attached to an aromatic ring is 1. The highest BCUT2D eigenvalue weighted by Crippen LogP contribution is 2.16. The Morgan fingerprint density at radius 3 is 2.68 bits per heavy atom. The molecule has 19 heavy (non-hydrogen) atoms. The van der Waals surface area contributed by atoms with E-state index in [0.29, 0.717) is 5.82 Å². The number of anilines is 2. The van der Waals surface area contributed by atoms with Gasteiger partial charge in [-0.1, -0.05) is 12.1 Å². The van der Waals surface area contributed by atoms with E-state index in [1.807, 2.05) is 31.2 Å². The zero-order valence-electron chi connectivity index (χ0n) is 10.8. The Kier molecular flexibility index (Phi) is 3.72. The molecule has 2 rings (SSSR count). The summed E-state index contributed by atoms with van der Waals surface area (Å²) in [6, 6.07) is 7.68. The van der Waals surface area contributed by atoms with E-state index in [1.165, 1.54) is 17.3 Å². The maximum absolute atomic E-state index is 12.2. The predicted octanol–water partition coefficient (Wildman–Crippen LogP) is 1.35. The number of amides is 1. The first-order valence-corrected chi connectivity index (χ1v) is 5.75. The maximum atomic E-state index is 12.2. The Morgan fingerprint density at radius 2 is 2.11 bits per heavy atom. The molecule has 0 saturated heterocycles. The van der Waals surface area contributed by atoms with Crippen molar-refractivity contribution in [1.82, 2.24) is 9.97 Å². The Bertz CT molecular complexity index is 582. The molecule has 0 radical (unpaired) electrons. The van der Waals surface area contributed by atoms with Crippen LogP contribution in [0.3, 0.4) is 0 Å². The molecule has 1 heterocycles. The van der Waals surface area contributed by atoms with Crippen LogP contribution in [0.5, 0.6) is 0 Å². The van der Waals surface area contributed by atoms with Gasteiger partial charge in [0.2, 0.25) is 0 Å². The third-order valence-corrected chi connectivity index (χ3v) is 2.71. The van der Waals surface area contributed by atoms with Gasteiger partial charge in [-0.2, -0.15) is 0 Å². The highest BCUT2D eigenvalue weighted by molar-refractivity contribution is 6.04. The third-order valence-electron chi connectivity index (χ3n) is 2.71. The number of hydrogen-bond acceptors (Lipinski definition) is 5. The first-order chi connectivity index (χ1) is 9.11. The highest BCUT2D eigenvalue weighted by atomic mass is 16.2. The topological polar surface area (TPSA) is 84.1 Å². The summed E-state index contributed by atoms with van der Waals surface area (Å²) in [6.07, 6.45) is 2.81. The quantitative estimate of drug-likeness (QED) is 0.640. The highest BCUT2D eigenvalue weighted by Gasteiger charge is 2.15. The fourth-order valence-corrected chi connectivity index (χ4v) is 1.64. The van der Waals surface area contributed by atoms with Crippen molar-refractivity contribution < 1.29 is 4.79 Å². The van der Waals surface area contributed by atoms with E-state index in [9.17, 15) is 4.79 Å². The van der Waals surface area contributed by atoms with Crippen LogP contribution in [-0.4, -0.2) is 22.9 Å². The van der Waals surface area contributed by atoms with Gasteiger partial charge in [0, 0.05) is 12.7 Å². The van der Waals surface area contributed by atoms with Gasteiger partial charge in [0.1, 0.15) is 5.69 Å². The number of benzene rings is 1. The van der Waals surface area contributed by atoms with Crippen molar-refractivity contribution in [3.63, 3.8) is 0 Å². The molecular weight excluding hydrogens is 242 g/mol. The molecule has 0 unspecified atom stereocenters. The average Bonchev–Trinajstić information content (AvgIpc) is 2.46. The van der Waals surface area contributed by atoms with Crippen LogP contribution in [0.25, 0.3) is 0 Å². The molecule has 6 heteroatoms. The molecule has 1 amide bonds. The lowest BCUT2D eigenvalue weighted by Gasteiger charge is -2.17. The molecular formula is C13H15N5O. The summed E-state index contributed by atoms with van der Waals surface area (Å²) in [5.74, 6) is 5.39. The Morgan fingerprint density at radius 1 is 1.32 bits per heavy atom. The average molecular weight is 257 g/mol. The summed E-state index contributed by atoms with van der Waals surface area (Å²) in [6.45, 7) is 1.98. The first-order valence-electron chi connectivity index (χ1n) is 5.75. The lowest BCUT2D eigenvalue weighted by atomic mass is 10.2. The molecule has 3 N–H and O–H groups in total. The molecule has 6 nitrogen and oxygen atoms in total. The zero-order chi connectivity index (χ0) is 13.8. The summed E-state index contributed by atoms with van der Waals surface area (Å²) in [7, 11) is 1.70. The van der Waals surface area contributed by atoms with Gasteiger partial charge in [0.25, 0.3) is 5.91 Å². The van der Waals surface area contributed by atoms with E-state index in [0.717, 1.165) is 11.3 Å². The van der Waals surface area contributed by atoms with E-state index in [4.69, 9.17) is 5.84 Å². The SMILES string of the molecule is Cc1cccc(N(C)C(=O)c2cnc(NN)cn2)c1. The summed E-state index contributed by atoms with van der Waals surface area (Å²) < 4.78 is 0. The second-order valence-electron chi connectivity index (χ2n) is 4.13. The zero-order valence-corrected chi connectivity index (χ0v) is 10.8. The molecule has 0 bridgehead atoms. The van der Waals surface area contributed by atoms with Gasteiger partial charge in [0.05, 0.1) is 12.4 Å². The molecule has 0 fully saturated rings. The molecule has 0 atom stereocenters. The van der Waals surface area contributed by atoms with Crippen molar-refractivity contribution in [2.45, 2.75) is 6.92 Å². The molecule has 0 aliphatic carbocycles. The summed E-state index contributed by atoms with van der Waals surface area (Å²) in [5, 5.41) is 0. The summed E-state index contributed by atoms with van der Waals surface area (Å²) >= 11 is 0. The minimum atomic E-state index is -0.221. The fourth-order valence-electron chi connectivity index (χ4n) is 1.64.